The summed E-state index contributed by atoms with van der Waals surface area (Å²) in [6.45, 7) is 3.74. The summed E-state index contributed by atoms with van der Waals surface area (Å²) in [7, 11) is 0. The first kappa shape index (κ1) is 14.4. The molecule has 1 aromatic heterocycles. The molecule has 0 saturated carbocycles. The maximum atomic E-state index is 6.28. The van der Waals surface area contributed by atoms with Crippen molar-refractivity contribution in [3.63, 3.8) is 0 Å². The predicted molar refractivity (Wildman–Crippen MR) is 88.2 cm³/mol. The van der Waals surface area contributed by atoms with Gasteiger partial charge in [0.05, 0.1) is 12.6 Å². The van der Waals surface area contributed by atoms with Crippen molar-refractivity contribution in [3.8, 4) is 5.75 Å². The third-order valence-corrected chi connectivity index (χ3v) is 5.56. The lowest BCUT2D eigenvalue weighted by molar-refractivity contribution is 0.350. The van der Waals surface area contributed by atoms with Crippen LogP contribution in [0.3, 0.4) is 0 Å². The van der Waals surface area contributed by atoms with Gasteiger partial charge in [0.15, 0.2) is 0 Å². The summed E-state index contributed by atoms with van der Waals surface area (Å²) in [5.41, 5.74) is 2.35. The molecule has 0 spiro atoms. The van der Waals surface area contributed by atoms with Crippen molar-refractivity contribution in [3.05, 3.63) is 49.1 Å². The van der Waals surface area contributed by atoms with E-state index in [4.69, 9.17) is 16.3 Å². The number of nitrogens with one attached hydrogen (secondary N) is 1. The SMILES string of the molecule is CCNC(c1cc(Cl)cc2c1OCC2)c1sccc1Br. The summed E-state index contributed by atoms with van der Waals surface area (Å²) in [5.74, 6) is 1.00. The lowest BCUT2D eigenvalue weighted by atomic mass is 10.0. The predicted octanol–water partition coefficient (Wildman–Crippen LogP) is 4.80. The number of benzene rings is 1. The van der Waals surface area contributed by atoms with Crippen LogP contribution in [-0.2, 0) is 6.42 Å². The lowest BCUT2D eigenvalue weighted by Crippen LogP contribution is -2.22. The number of thiophene rings is 1. The highest BCUT2D eigenvalue weighted by molar-refractivity contribution is 9.10. The molecule has 106 valence electrons. The van der Waals surface area contributed by atoms with E-state index >= 15 is 0 Å². The van der Waals surface area contributed by atoms with Crippen LogP contribution in [0.2, 0.25) is 5.02 Å². The molecule has 1 aliphatic rings. The molecular weight excluding hydrogens is 358 g/mol. The summed E-state index contributed by atoms with van der Waals surface area (Å²) in [6, 6.07) is 6.22. The monoisotopic (exact) mass is 371 g/mol. The number of rotatable bonds is 4. The van der Waals surface area contributed by atoms with E-state index in [0.717, 1.165) is 40.4 Å². The first-order valence-corrected chi connectivity index (χ1v) is 8.67. The summed E-state index contributed by atoms with van der Waals surface area (Å²) in [6.07, 6.45) is 0.938. The van der Waals surface area contributed by atoms with Crippen molar-refractivity contribution >= 4 is 38.9 Å². The Hall–Kier alpha value is -0.550. The van der Waals surface area contributed by atoms with E-state index in [1.165, 1.54) is 10.4 Å². The maximum Gasteiger partial charge on any atom is 0.127 e. The highest BCUT2D eigenvalue weighted by Gasteiger charge is 2.26. The molecule has 1 aromatic carbocycles. The maximum absolute atomic E-state index is 6.28. The molecule has 0 fully saturated rings. The average molecular weight is 373 g/mol. The highest BCUT2D eigenvalue weighted by Crippen LogP contribution is 2.41. The molecule has 2 aromatic rings. The Bertz CT molecular complexity index is 628. The van der Waals surface area contributed by atoms with Gasteiger partial charge in [-0.15, -0.1) is 11.3 Å². The molecule has 1 N–H and O–H groups in total. The molecule has 5 heteroatoms. The molecule has 1 aliphatic heterocycles. The second-order valence-electron chi connectivity index (χ2n) is 4.71. The minimum atomic E-state index is 0.111. The van der Waals surface area contributed by atoms with Crippen LogP contribution in [0.15, 0.2) is 28.1 Å². The molecule has 1 atom stereocenters. The van der Waals surface area contributed by atoms with Gasteiger partial charge in [-0.1, -0.05) is 18.5 Å². The molecule has 0 saturated heterocycles. The van der Waals surface area contributed by atoms with Crippen molar-refractivity contribution in [2.24, 2.45) is 0 Å². The van der Waals surface area contributed by atoms with Crippen LogP contribution < -0.4 is 10.1 Å². The molecule has 0 radical (unpaired) electrons. The van der Waals surface area contributed by atoms with Crippen LogP contribution in [0.25, 0.3) is 0 Å². The fourth-order valence-corrected chi connectivity index (χ4v) is 4.52. The van der Waals surface area contributed by atoms with Gasteiger partial charge in [-0.25, -0.2) is 0 Å². The van der Waals surface area contributed by atoms with Gasteiger partial charge in [0, 0.05) is 26.4 Å². The first-order chi connectivity index (χ1) is 9.70. The van der Waals surface area contributed by atoms with Crippen LogP contribution in [0.5, 0.6) is 5.75 Å². The van der Waals surface area contributed by atoms with Gasteiger partial charge in [0.2, 0.25) is 0 Å². The molecule has 3 rings (SSSR count). The average Bonchev–Trinajstić information content (AvgIpc) is 3.04. The molecular formula is C15H15BrClNOS. The van der Waals surface area contributed by atoms with Gasteiger partial charge >= 0.3 is 0 Å². The Morgan fingerprint density at radius 3 is 3.05 bits per heavy atom. The van der Waals surface area contributed by atoms with Crippen molar-refractivity contribution in [2.75, 3.05) is 13.2 Å². The Balaban J connectivity index is 2.11. The Morgan fingerprint density at radius 2 is 2.35 bits per heavy atom. The number of halogens is 2. The molecule has 1 unspecified atom stereocenters. The van der Waals surface area contributed by atoms with E-state index in [1.54, 1.807) is 11.3 Å². The second kappa shape index (κ2) is 6.06. The van der Waals surface area contributed by atoms with E-state index in [9.17, 15) is 0 Å². The number of hydrogen-bond acceptors (Lipinski definition) is 3. The highest BCUT2D eigenvalue weighted by atomic mass is 79.9. The van der Waals surface area contributed by atoms with Gasteiger partial charge in [-0.05, 0) is 51.6 Å². The van der Waals surface area contributed by atoms with Gasteiger partial charge in [-0.2, -0.15) is 0 Å². The standard InChI is InChI=1S/C15H15BrClNOS/c1-2-18-13(15-12(16)4-6-20-15)11-8-10(17)7-9-3-5-19-14(9)11/h4,6-8,13,18H,2-3,5H2,1H3. The Kier molecular flexibility index (Phi) is 4.36. The molecule has 2 nitrogen and oxygen atoms in total. The molecule has 0 bridgehead atoms. The van der Waals surface area contributed by atoms with Crippen LogP contribution in [-0.4, -0.2) is 13.2 Å². The molecule has 0 aliphatic carbocycles. The zero-order chi connectivity index (χ0) is 14.1. The quantitative estimate of drug-likeness (QED) is 0.832. The summed E-state index contributed by atoms with van der Waals surface area (Å²) < 4.78 is 6.97. The minimum absolute atomic E-state index is 0.111. The molecule has 0 amide bonds. The van der Waals surface area contributed by atoms with Gasteiger partial charge in [-0.3, -0.25) is 0 Å². The van der Waals surface area contributed by atoms with Crippen molar-refractivity contribution in [1.82, 2.24) is 5.32 Å². The van der Waals surface area contributed by atoms with Crippen LogP contribution in [0.1, 0.15) is 29.0 Å². The smallest absolute Gasteiger partial charge is 0.127 e. The van der Waals surface area contributed by atoms with E-state index in [0.29, 0.717) is 0 Å². The summed E-state index contributed by atoms with van der Waals surface area (Å²) in [5, 5.41) is 6.41. The number of fused-ring (bicyclic) bond motifs is 1. The third kappa shape index (κ3) is 2.62. The number of ether oxygens (including phenoxy) is 1. The Labute approximate surface area is 136 Å². The molecule has 20 heavy (non-hydrogen) atoms. The zero-order valence-electron chi connectivity index (χ0n) is 11.1. The van der Waals surface area contributed by atoms with E-state index in [1.807, 2.05) is 12.1 Å². The topological polar surface area (TPSA) is 21.3 Å². The Morgan fingerprint density at radius 1 is 1.50 bits per heavy atom. The summed E-state index contributed by atoms with van der Waals surface area (Å²) in [4.78, 5) is 1.26. The first-order valence-electron chi connectivity index (χ1n) is 6.62. The van der Waals surface area contributed by atoms with E-state index in [-0.39, 0.29) is 6.04 Å². The van der Waals surface area contributed by atoms with Crippen LogP contribution in [0.4, 0.5) is 0 Å². The lowest BCUT2D eigenvalue weighted by Gasteiger charge is -2.20. The van der Waals surface area contributed by atoms with Crippen LogP contribution >= 0.6 is 38.9 Å². The van der Waals surface area contributed by atoms with E-state index < -0.39 is 0 Å². The van der Waals surface area contributed by atoms with E-state index in [2.05, 4.69) is 39.6 Å². The van der Waals surface area contributed by atoms with Crippen LogP contribution in [0, 0.1) is 0 Å². The van der Waals surface area contributed by atoms with Crippen molar-refractivity contribution < 1.29 is 4.74 Å². The normalized spacial score (nSPS) is 14.9. The summed E-state index contributed by atoms with van der Waals surface area (Å²) >= 11 is 11.6. The van der Waals surface area contributed by atoms with Gasteiger partial charge in [0.1, 0.15) is 5.75 Å². The number of hydrogen-bond donors (Lipinski definition) is 1. The minimum Gasteiger partial charge on any atom is -0.493 e. The second-order valence-corrected chi connectivity index (χ2v) is 6.94. The fourth-order valence-electron chi connectivity index (χ4n) is 2.57. The zero-order valence-corrected chi connectivity index (χ0v) is 14.2. The van der Waals surface area contributed by atoms with Gasteiger partial charge in [0.25, 0.3) is 0 Å². The third-order valence-electron chi connectivity index (χ3n) is 3.40. The van der Waals surface area contributed by atoms with Gasteiger partial charge < -0.3 is 10.1 Å². The molecule has 2 heterocycles. The fraction of sp³-hybridized carbons (Fsp3) is 0.333. The largest absolute Gasteiger partial charge is 0.493 e. The van der Waals surface area contributed by atoms with Crippen molar-refractivity contribution in [2.45, 2.75) is 19.4 Å². The van der Waals surface area contributed by atoms with Crippen molar-refractivity contribution in [1.29, 1.82) is 0 Å².